The molecule has 3 aliphatic heterocycles. The summed E-state index contributed by atoms with van der Waals surface area (Å²) < 4.78 is 6.93. The van der Waals surface area contributed by atoms with Gasteiger partial charge < -0.3 is 26.6 Å². The van der Waals surface area contributed by atoms with E-state index in [4.69, 9.17) is 16.2 Å². The quantitative estimate of drug-likeness (QED) is 0.546. The summed E-state index contributed by atoms with van der Waals surface area (Å²) in [4.78, 5) is 0. The Labute approximate surface area is 176 Å². The molecule has 0 amide bonds. The van der Waals surface area contributed by atoms with E-state index in [1.807, 2.05) is 6.08 Å². The predicted molar refractivity (Wildman–Crippen MR) is 117 cm³/mol. The third-order valence-corrected chi connectivity index (χ3v) is 8.31. The van der Waals surface area contributed by atoms with Crippen LogP contribution in [0.3, 0.4) is 0 Å². The Hall–Kier alpha value is -0.880. The lowest BCUT2D eigenvalue weighted by Gasteiger charge is -2.65. The maximum absolute atomic E-state index is 9.42. The molecule has 3 heterocycles. The Morgan fingerprint density at radius 2 is 2.10 bits per heavy atom. The molecule has 1 unspecified atom stereocenters. The van der Waals surface area contributed by atoms with Gasteiger partial charge in [0.2, 0.25) is 0 Å². The minimum Gasteiger partial charge on any atom is -0.396 e. The zero-order chi connectivity index (χ0) is 20.7. The van der Waals surface area contributed by atoms with Gasteiger partial charge in [-0.05, 0) is 88.7 Å². The highest BCUT2D eigenvalue weighted by Crippen LogP contribution is 2.59. The van der Waals surface area contributed by atoms with E-state index < -0.39 is 0 Å². The van der Waals surface area contributed by atoms with Crippen LogP contribution >= 0.6 is 0 Å². The summed E-state index contributed by atoms with van der Waals surface area (Å²) in [7, 11) is 0. The van der Waals surface area contributed by atoms with Crippen molar-refractivity contribution in [3.05, 3.63) is 23.9 Å². The zero-order valence-corrected chi connectivity index (χ0v) is 18.3. The summed E-state index contributed by atoms with van der Waals surface area (Å²) in [6.07, 6.45) is 17.4. The number of rotatable bonds is 6. The van der Waals surface area contributed by atoms with Gasteiger partial charge in [0.25, 0.3) is 0 Å². The van der Waals surface area contributed by atoms with Gasteiger partial charge in [0.15, 0.2) is 0 Å². The van der Waals surface area contributed by atoms with Gasteiger partial charge in [-0.3, -0.25) is 0 Å². The van der Waals surface area contributed by atoms with Crippen LogP contribution in [0.1, 0.15) is 78.1 Å². The number of allylic oxidation sites excluding steroid dienone is 2. The number of nitrogens with two attached hydrogens (primary N) is 2. The fourth-order valence-electron chi connectivity index (χ4n) is 7.22. The molecule has 5 heteroatoms. The van der Waals surface area contributed by atoms with Crippen molar-refractivity contribution >= 4 is 0 Å². The fraction of sp³-hybridized carbons (Fsp3) is 0.833. The van der Waals surface area contributed by atoms with Crippen LogP contribution in [0.5, 0.6) is 0 Å². The van der Waals surface area contributed by atoms with Gasteiger partial charge in [0, 0.05) is 24.3 Å². The van der Waals surface area contributed by atoms with E-state index in [9.17, 15) is 5.11 Å². The average Bonchev–Trinajstić information content (AvgIpc) is 2.68. The molecule has 0 spiro atoms. The average molecular weight is 404 g/mol. The number of nitrogens with one attached hydrogen (secondary N) is 1. The number of hydrogen-bond donors (Lipinski definition) is 4. The Kier molecular flexibility index (Phi) is 5.88. The first-order chi connectivity index (χ1) is 13.8. The van der Waals surface area contributed by atoms with Crippen molar-refractivity contribution in [3.63, 3.8) is 0 Å². The van der Waals surface area contributed by atoms with Crippen molar-refractivity contribution in [2.45, 2.75) is 101 Å². The molecule has 2 aliphatic carbocycles. The highest BCUT2D eigenvalue weighted by molar-refractivity contribution is 5.24. The summed E-state index contributed by atoms with van der Waals surface area (Å²) in [6.45, 7) is 4.72. The van der Waals surface area contributed by atoms with Crippen LogP contribution in [0.2, 0.25) is 0 Å². The summed E-state index contributed by atoms with van der Waals surface area (Å²) >= 11 is 0. The van der Waals surface area contributed by atoms with Crippen LogP contribution in [0.25, 0.3) is 0 Å². The molecule has 0 radical (unpaired) electrons. The molecule has 0 aromatic rings. The molecular formula is C24H41N3O2. The van der Waals surface area contributed by atoms with Crippen LogP contribution in [0.15, 0.2) is 23.9 Å². The van der Waals surface area contributed by atoms with Gasteiger partial charge >= 0.3 is 0 Å². The largest absolute Gasteiger partial charge is 0.396 e. The molecule has 2 saturated heterocycles. The van der Waals surface area contributed by atoms with Gasteiger partial charge in [-0.15, -0.1) is 0 Å². The third-order valence-electron chi connectivity index (χ3n) is 8.31. The van der Waals surface area contributed by atoms with Crippen LogP contribution in [-0.2, 0) is 4.74 Å². The Morgan fingerprint density at radius 1 is 1.28 bits per heavy atom. The number of dihydropyridines is 1. The molecule has 0 aromatic carbocycles. The molecule has 6 N–H and O–H groups in total. The van der Waals surface area contributed by atoms with Gasteiger partial charge in [-0.1, -0.05) is 18.9 Å². The number of ether oxygens (including phenoxy) is 1. The topological polar surface area (TPSA) is 93.5 Å². The molecule has 2 bridgehead atoms. The van der Waals surface area contributed by atoms with Crippen molar-refractivity contribution in [2.24, 2.45) is 29.2 Å². The fourth-order valence-corrected chi connectivity index (χ4v) is 7.22. The number of aliphatic hydroxyl groups excluding tert-OH is 1. The first-order valence-corrected chi connectivity index (χ1v) is 11.8. The third kappa shape index (κ3) is 4.16. The maximum Gasteiger partial charge on any atom is 0.0934 e. The summed E-state index contributed by atoms with van der Waals surface area (Å²) in [6, 6.07) is 0. The molecule has 2 saturated carbocycles. The summed E-state index contributed by atoms with van der Waals surface area (Å²) in [5, 5.41) is 12.7. The molecule has 29 heavy (non-hydrogen) atoms. The van der Waals surface area contributed by atoms with Gasteiger partial charge in [0.05, 0.1) is 17.4 Å². The lowest BCUT2D eigenvalue weighted by atomic mass is 9.53. The summed E-state index contributed by atoms with van der Waals surface area (Å²) in [5.74, 6) is 1.67. The molecule has 164 valence electrons. The minimum atomic E-state index is -0.204. The van der Waals surface area contributed by atoms with E-state index >= 15 is 0 Å². The molecule has 0 aromatic heterocycles. The van der Waals surface area contributed by atoms with E-state index in [2.05, 4.69) is 31.4 Å². The zero-order valence-electron chi connectivity index (χ0n) is 18.3. The van der Waals surface area contributed by atoms with E-state index in [0.29, 0.717) is 17.8 Å². The van der Waals surface area contributed by atoms with E-state index in [1.165, 1.54) is 31.3 Å². The minimum absolute atomic E-state index is 0.0543. The Morgan fingerprint density at radius 3 is 2.79 bits per heavy atom. The standard InChI is InChI=1S/C24H41N3O2/c1-22(2)20-9-11-24(29-22,16-23(20,26)10-4-12-28)19-6-3-5-17(14-19)13-18-7-8-21(25)27-15-18/h7-8,15,17,19-21,27-28H,3-6,9-14,16,25-26H2,1-2H3/t17-,19+,20+,21?,23+,24+/m1/s1. The first kappa shape index (κ1) is 21.4. The Balaban J connectivity index is 1.49. The lowest BCUT2D eigenvalue weighted by Crippen LogP contribution is -2.72. The number of hydrogen-bond acceptors (Lipinski definition) is 5. The van der Waals surface area contributed by atoms with Crippen molar-refractivity contribution < 1.29 is 9.84 Å². The number of fused-ring (bicyclic) bond motifs is 3. The van der Waals surface area contributed by atoms with Crippen molar-refractivity contribution in [3.8, 4) is 0 Å². The van der Waals surface area contributed by atoms with E-state index in [1.54, 1.807) is 0 Å². The van der Waals surface area contributed by atoms with Crippen molar-refractivity contribution in [2.75, 3.05) is 6.61 Å². The Bertz CT molecular complexity index is 661. The second-order valence-corrected chi connectivity index (χ2v) is 10.8. The molecule has 4 fully saturated rings. The van der Waals surface area contributed by atoms with Crippen LogP contribution in [0.4, 0.5) is 0 Å². The normalized spacial score (nSPS) is 43.7. The van der Waals surface area contributed by atoms with Crippen molar-refractivity contribution in [1.29, 1.82) is 0 Å². The monoisotopic (exact) mass is 403 g/mol. The smallest absolute Gasteiger partial charge is 0.0934 e. The van der Waals surface area contributed by atoms with Gasteiger partial charge in [0.1, 0.15) is 0 Å². The van der Waals surface area contributed by atoms with Crippen LogP contribution in [0, 0.1) is 17.8 Å². The molecular weight excluding hydrogens is 362 g/mol. The molecule has 6 atom stereocenters. The van der Waals surface area contributed by atoms with Crippen molar-refractivity contribution in [1.82, 2.24) is 5.32 Å². The summed E-state index contributed by atoms with van der Waals surface area (Å²) in [5.41, 5.74) is 13.8. The second-order valence-electron chi connectivity index (χ2n) is 10.8. The van der Waals surface area contributed by atoms with Crippen LogP contribution < -0.4 is 16.8 Å². The highest BCUT2D eigenvalue weighted by Gasteiger charge is 2.62. The highest BCUT2D eigenvalue weighted by atomic mass is 16.5. The number of aliphatic hydroxyl groups is 1. The first-order valence-electron chi connectivity index (χ1n) is 11.8. The van der Waals surface area contributed by atoms with E-state index in [0.717, 1.165) is 38.5 Å². The molecule has 5 rings (SSSR count). The second kappa shape index (κ2) is 7.99. The lowest BCUT2D eigenvalue weighted by molar-refractivity contribution is -0.287. The van der Waals surface area contributed by atoms with Gasteiger partial charge in [-0.25, -0.2) is 0 Å². The SMILES string of the molecule is CC1(C)O[C@@]2([C@H]3CCC[C@H](CC4=CNC(N)C=C4)C3)CC[C@@H]1[C@](N)(CCCO)C2. The predicted octanol–water partition coefficient (Wildman–Crippen LogP) is 3.33. The van der Waals surface area contributed by atoms with Crippen LogP contribution in [-0.4, -0.2) is 34.6 Å². The van der Waals surface area contributed by atoms with Gasteiger partial charge in [-0.2, -0.15) is 0 Å². The maximum atomic E-state index is 9.42. The molecule has 5 aliphatic rings. The van der Waals surface area contributed by atoms with E-state index in [-0.39, 0.29) is 29.5 Å². The molecule has 5 nitrogen and oxygen atoms in total.